The van der Waals surface area contributed by atoms with Gasteiger partial charge in [0.15, 0.2) is 0 Å². The summed E-state index contributed by atoms with van der Waals surface area (Å²) in [7, 11) is 0. The van der Waals surface area contributed by atoms with E-state index in [1.54, 1.807) is 0 Å². The number of hydrogen-bond acceptors (Lipinski definition) is 5. The van der Waals surface area contributed by atoms with Gasteiger partial charge in [0.25, 0.3) is 11.6 Å². The highest BCUT2D eigenvalue weighted by Crippen LogP contribution is 2.35. The van der Waals surface area contributed by atoms with Gasteiger partial charge in [0.1, 0.15) is 17.6 Å². The van der Waals surface area contributed by atoms with Crippen molar-refractivity contribution in [1.82, 2.24) is 5.32 Å². The van der Waals surface area contributed by atoms with Crippen LogP contribution in [0.2, 0.25) is 0 Å². The second-order valence-corrected chi connectivity index (χ2v) is 6.12. The van der Waals surface area contributed by atoms with Crippen molar-refractivity contribution < 1.29 is 19.2 Å². The normalized spacial score (nSPS) is 15.1. The van der Waals surface area contributed by atoms with Gasteiger partial charge in [0.05, 0.1) is 11.5 Å². The van der Waals surface area contributed by atoms with Crippen molar-refractivity contribution in [2.75, 3.05) is 6.61 Å². The van der Waals surface area contributed by atoms with Gasteiger partial charge >= 0.3 is 0 Å². The predicted molar refractivity (Wildman–Crippen MR) is 95.7 cm³/mol. The summed E-state index contributed by atoms with van der Waals surface area (Å²) in [5, 5.41) is 13.5. The first-order valence-corrected chi connectivity index (χ1v) is 8.45. The Labute approximate surface area is 151 Å². The number of fused-ring (bicyclic) bond motifs is 1. The summed E-state index contributed by atoms with van der Waals surface area (Å²) >= 11 is 0. The van der Waals surface area contributed by atoms with Crippen LogP contribution in [0.25, 0.3) is 0 Å². The summed E-state index contributed by atoms with van der Waals surface area (Å²) in [5.74, 6) is 1.24. The Kier molecular flexibility index (Phi) is 5.06. The average molecular weight is 356 g/mol. The van der Waals surface area contributed by atoms with Gasteiger partial charge in [0, 0.05) is 41.8 Å². The molecular formula is C19H20N2O5. The number of nitro benzene ring substituents is 1. The number of carbonyl (C=O) groups is 1. The first-order valence-electron chi connectivity index (χ1n) is 8.45. The van der Waals surface area contributed by atoms with Gasteiger partial charge in [-0.1, -0.05) is 0 Å². The van der Waals surface area contributed by atoms with Crippen LogP contribution in [0.1, 0.15) is 35.3 Å². The van der Waals surface area contributed by atoms with Crippen molar-refractivity contribution in [1.29, 1.82) is 0 Å². The molecule has 0 spiro atoms. The second kappa shape index (κ2) is 7.43. The van der Waals surface area contributed by atoms with Crippen LogP contribution in [-0.2, 0) is 13.0 Å². The average Bonchev–Trinajstić information content (AvgIpc) is 2.98. The maximum atomic E-state index is 12.3. The molecule has 1 amide bonds. The van der Waals surface area contributed by atoms with Crippen LogP contribution in [0.3, 0.4) is 0 Å². The molecule has 2 aromatic rings. The molecule has 26 heavy (non-hydrogen) atoms. The molecule has 136 valence electrons. The molecule has 1 heterocycles. The monoisotopic (exact) mass is 356 g/mol. The molecule has 7 heteroatoms. The van der Waals surface area contributed by atoms with Gasteiger partial charge in [-0.25, -0.2) is 0 Å². The topological polar surface area (TPSA) is 90.7 Å². The molecule has 0 aliphatic carbocycles. The zero-order valence-electron chi connectivity index (χ0n) is 14.7. The Hall–Kier alpha value is -3.09. The lowest BCUT2D eigenvalue weighted by Crippen LogP contribution is -2.23. The Morgan fingerprint density at radius 1 is 1.35 bits per heavy atom. The number of amides is 1. The van der Waals surface area contributed by atoms with Crippen molar-refractivity contribution in [3.8, 4) is 11.5 Å². The zero-order chi connectivity index (χ0) is 18.7. The van der Waals surface area contributed by atoms with E-state index in [-0.39, 0.29) is 24.2 Å². The second-order valence-electron chi connectivity index (χ2n) is 6.12. The number of nitrogens with one attached hydrogen (secondary N) is 1. The molecule has 1 N–H and O–H groups in total. The van der Waals surface area contributed by atoms with Crippen LogP contribution < -0.4 is 14.8 Å². The van der Waals surface area contributed by atoms with Crippen LogP contribution in [0.15, 0.2) is 36.4 Å². The summed E-state index contributed by atoms with van der Waals surface area (Å²) in [5.41, 5.74) is 2.24. The maximum Gasteiger partial charge on any atom is 0.269 e. The van der Waals surface area contributed by atoms with E-state index in [1.165, 1.54) is 24.3 Å². The van der Waals surface area contributed by atoms with Crippen molar-refractivity contribution in [3.63, 3.8) is 0 Å². The highest BCUT2D eigenvalue weighted by molar-refractivity contribution is 5.94. The molecule has 3 rings (SSSR count). The lowest BCUT2D eigenvalue weighted by molar-refractivity contribution is -0.384. The third kappa shape index (κ3) is 3.77. The number of nitrogens with zero attached hydrogens (tertiary/aromatic N) is 1. The first kappa shape index (κ1) is 17.7. The van der Waals surface area contributed by atoms with Crippen molar-refractivity contribution >= 4 is 11.6 Å². The summed E-state index contributed by atoms with van der Waals surface area (Å²) in [6, 6.07) is 9.36. The van der Waals surface area contributed by atoms with Crippen molar-refractivity contribution in [3.05, 3.63) is 63.2 Å². The van der Waals surface area contributed by atoms with E-state index >= 15 is 0 Å². The summed E-state index contributed by atoms with van der Waals surface area (Å²) in [6.07, 6.45) is 0.967. The van der Waals surface area contributed by atoms with Gasteiger partial charge in [-0.3, -0.25) is 14.9 Å². The molecule has 7 nitrogen and oxygen atoms in total. The third-order valence-electron chi connectivity index (χ3n) is 4.16. The summed E-state index contributed by atoms with van der Waals surface area (Å²) in [6.45, 7) is 4.72. The van der Waals surface area contributed by atoms with Gasteiger partial charge in [-0.05, 0) is 38.1 Å². The number of rotatable bonds is 6. The van der Waals surface area contributed by atoms with E-state index in [0.717, 1.165) is 29.0 Å². The molecule has 1 atom stereocenters. The maximum absolute atomic E-state index is 12.3. The number of benzene rings is 2. The molecular weight excluding hydrogens is 336 g/mol. The van der Waals surface area contributed by atoms with Gasteiger partial charge in [-0.2, -0.15) is 0 Å². The van der Waals surface area contributed by atoms with E-state index < -0.39 is 4.92 Å². The van der Waals surface area contributed by atoms with Gasteiger partial charge in [-0.15, -0.1) is 0 Å². The minimum absolute atomic E-state index is 0.0509. The van der Waals surface area contributed by atoms with Crippen LogP contribution in [0.5, 0.6) is 11.5 Å². The summed E-state index contributed by atoms with van der Waals surface area (Å²) in [4.78, 5) is 22.5. The quantitative estimate of drug-likeness (QED) is 0.634. The highest BCUT2D eigenvalue weighted by Gasteiger charge is 2.22. The van der Waals surface area contributed by atoms with Crippen molar-refractivity contribution in [2.45, 2.75) is 32.9 Å². The minimum atomic E-state index is -0.498. The van der Waals surface area contributed by atoms with Gasteiger partial charge in [0.2, 0.25) is 0 Å². The molecule has 0 radical (unpaired) electrons. The van der Waals surface area contributed by atoms with Crippen LogP contribution >= 0.6 is 0 Å². The van der Waals surface area contributed by atoms with E-state index in [0.29, 0.717) is 12.2 Å². The fourth-order valence-electron chi connectivity index (χ4n) is 2.92. The Balaban J connectivity index is 1.73. The first-order chi connectivity index (χ1) is 12.5. The lowest BCUT2D eigenvalue weighted by atomic mass is 10.1. The summed E-state index contributed by atoms with van der Waals surface area (Å²) < 4.78 is 11.5. The van der Waals surface area contributed by atoms with Crippen LogP contribution in [0, 0.1) is 10.1 Å². The third-order valence-corrected chi connectivity index (χ3v) is 4.16. The lowest BCUT2D eigenvalue weighted by Gasteiger charge is -2.13. The SMILES string of the molecule is CCOc1cc2c(cc1CNC(=O)c1ccc([N+](=O)[O-])cc1)OC(C)C2. The fourth-order valence-corrected chi connectivity index (χ4v) is 2.92. The largest absolute Gasteiger partial charge is 0.494 e. The molecule has 1 aliphatic rings. The standard InChI is InChI=1S/C19H20N2O5/c1-3-25-17-9-14-8-12(2)26-18(14)10-15(17)11-20-19(22)13-4-6-16(7-5-13)21(23)24/h4-7,9-10,12H,3,8,11H2,1-2H3,(H,20,22). The molecule has 0 saturated carbocycles. The zero-order valence-corrected chi connectivity index (χ0v) is 14.7. The molecule has 0 bridgehead atoms. The van der Waals surface area contributed by atoms with E-state index in [4.69, 9.17) is 9.47 Å². The Bertz CT molecular complexity index is 833. The van der Waals surface area contributed by atoms with Gasteiger partial charge < -0.3 is 14.8 Å². The van der Waals surface area contributed by atoms with Crippen LogP contribution in [0.4, 0.5) is 5.69 Å². The molecule has 2 aromatic carbocycles. The minimum Gasteiger partial charge on any atom is -0.494 e. The predicted octanol–water partition coefficient (Wildman–Crippen LogP) is 3.25. The number of hydrogen-bond donors (Lipinski definition) is 1. The molecule has 1 unspecified atom stereocenters. The Morgan fingerprint density at radius 2 is 2.08 bits per heavy atom. The number of carbonyl (C=O) groups excluding carboxylic acids is 1. The molecule has 0 aromatic heterocycles. The van der Waals surface area contributed by atoms with E-state index in [9.17, 15) is 14.9 Å². The highest BCUT2D eigenvalue weighted by atomic mass is 16.6. The smallest absolute Gasteiger partial charge is 0.269 e. The number of non-ortho nitro benzene ring substituents is 1. The van der Waals surface area contributed by atoms with E-state index in [1.807, 2.05) is 26.0 Å². The molecule has 0 saturated heterocycles. The van der Waals surface area contributed by atoms with E-state index in [2.05, 4.69) is 5.32 Å². The fraction of sp³-hybridized carbons (Fsp3) is 0.316. The molecule has 0 fully saturated rings. The molecule has 1 aliphatic heterocycles. The Morgan fingerprint density at radius 3 is 2.73 bits per heavy atom. The number of ether oxygens (including phenoxy) is 2. The van der Waals surface area contributed by atoms with Crippen molar-refractivity contribution in [2.24, 2.45) is 0 Å². The number of nitro groups is 1. The van der Waals surface area contributed by atoms with Crippen LogP contribution in [-0.4, -0.2) is 23.5 Å².